The van der Waals surface area contributed by atoms with Gasteiger partial charge in [-0.3, -0.25) is 10.1 Å². The van der Waals surface area contributed by atoms with E-state index in [1.54, 1.807) is 27.4 Å². The van der Waals surface area contributed by atoms with Crippen molar-refractivity contribution in [1.82, 2.24) is 4.98 Å². The van der Waals surface area contributed by atoms with Gasteiger partial charge in [0.25, 0.3) is 5.91 Å². The zero-order chi connectivity index (χ0) is 20.1. The number of carbonyl (C=O) groups is 1. The van der Waals surface area contributed by atoms with E-state index in [0.717, 1.165) is 22.6 Å². The number of carbonyl (C=O) groups excluding carboxylic acids is 1. The second kappa shape index (κ2) is 8.75. The highest BCUT2D eigenvalue weighted by molar-refractivity contribution is 7.14. The van der Waals surface area contributed by atoms with Crippen LogP contribution in [0.5, 0.6) is 17.2 Å². The third-order valence-electron chi connectivity index (χ3n) is 4.35. The van der Waals surface area contributed by atoms with E-state index in [-0.39, 0.29) is 5.91 Å². The van der Waals surface area contributed by atoms with Crippen molar-refractivity contribution in [3.63, 3.8) is 0 Å². The number of ether oxygens (including phenoxy) is 3. The molecule has 0 radical (unpaired) electrons. The molecule has 0 aliphatic heterocycles. The Morgan fingerprint density at radius 3 is 2.32 bits per heavy atom. The zero-order valence-corrected chi connectivity index (χ0v) is 17.1. The van der Waals surface area contributed by atoms with Gasteiger partial charge in [0.2, 0.25) is 0 Å². The van der Waals surface area contributed by atoms with E-state index >= 15 is 0 Å². The number of thiazole rings is 1. The number of hydrogen-bond donors (Lipinski definition) is 1. The Bertz CT molecular complexity index is 967. The van der Waals surface area contributed by atoms with Gasteiger partial charge in [-0.2, -0.15) is 0 Å². The Balaban J connectivity index is 1.82. The fourth-order valence-electron chi connectivity index (χ4n) is 2.81. The molecule has 0 aliphatic rings. The van der Waals surface area contributed by atoms with Crippen LogP contribution < -0.4 is 19.5 Å². The van der Waals surface area contributed by atoms with Gasteiger partial charge >= 0.3 is 0 Å². The fourth-order valence-corrected chi connectivity index (χ4v) is 3.53. The van der Waals surface area contributed by atoms with Gasteiger partial charge in [0.15, 0.2) is 16.6 Å². The minimum Gasteiger partial charge on any atom is -0.497 e. The van der Waals surface area contributed by atoms with Crippen LogP contribution in [-0.2, 0) is 6.42 Å². The van der Waals surface area contributed by atoms with Gasteiger partial charge in [-0.05, 0) is 48.4 Å². The van der Waals surface area contributed by atoms with E-state index in [2.05, 4.69) is 10.3 Å². The van der Waals surface area contributed by atoms with Gasteiger partial charge in [-0.15, -0.1) is 11.3 Å². The molecular weight excluding hydrogens is 376 g/mol. The maximum atomic E-state index is 12.8. The van der Waals surface area contributed by atoms with Crippen molar-refractivity contribution >= 4 is 22.4 Å². The van der Waals surface area contributed by atoms with Gasteiger partial charge in [0, 0.05) is 16.5 Å². The first-order chi connectivity index (χ1) is 13.6. The third-order valence-corrected chi connectivity index (χ3v) is 5.10. The van der Waals surface area contributed by atoms with Crippen molar-refractivity contribution in [2.45, 2.75) is 13.3 Å². The molecule has 1 N–H and O–H groups in total. The standard InChI is InChI=1S/C21H22N2O4S/c1-5-13-10-18(26-3)19(27-4)11-16(13)20(24)23-21-22-17(12-28-21)14-6-8-15(25-2)9-7-14/h6-12H,5H2,1-4H3,(H,22,23,24). The van der Waals surface area contributed by atoms with E-state index in [9.17, 15) is 4.79 Å². The first kappa shape index (κ1) is 19.7. The number of aryl methyl sites for hydroxylation is 1. The highest BCUT2D eigenvalue weighted by Gasteiger charge is 2.17. The smallest absolute Gasteiger partial charge is 0.257 e. The molecule has 0 spiro atoms. The normalized spacial score (nSPS) is 10.4. The van der Waals surface area contributed by atoms with Crippen LogP contribution in [0, 0.1) is 0 Å². The van der Waals surface area contributed by atoms with Gasteiger partial charge in [0.1, 0.15) is 5.75 Å². The highest BCUT2D eigenvalue weighted by atomic mass is 32.1. The van der Waals surface area contributed by atoms with E-state index in [0.29, 0.717) is 28.6 Å². The lowest BCUT2D eigenvalue weighted by Crippen LogP contribution is -2.14. The Hall–Kier alpha value is -3.06. The Kier molecular flexibility index (Phi) is 6.16. The number of nitrogens with one attached hydrogen (secondary N) is 1. The molecule has 3 rings (SSSR count). The van der Waals surface area contributed by atoms with Crippen LogP contribution >= 0.6 is 11.3 Å². The Morgan fingerprint density at radius 1 is 1.04 bits per heavy atom. The molecule has 0 fully saturated rings. The number of hydrogen-bond acceptors (Lipinski definition) is 6. The number of anilines is 1. The Labute approximate surface area is 168 Å². The molecule has 7 heteroatoms. The molecule has 0 saturated heterocycles. The molecular formula is C21H22N2O4S. The summed E-state index contributed by atoms with van der Waals surface area (Å²) in [4.78, 5) is 17.4. The molecule has 0 atom stereocenters. The van der Waals surface area contributed by atoms with Crippen molar-refractivity contribution in [1.29, 1.82) is 0 Å². The third kappa shape index (κ3) is 4.09. The second-order valence-corrected chi connectivity index (χ2v) is 6.80. The molecule has 0 bridgehead atoms. The summed E-state index contributed by atoms with van der Waals surface area (Å²) in [5, 5.41) is 5.33. The molecule has 1 aromatic heterocycles. The minimum atomic E-state index is -0.228. The minimum absolute atomic E-state index is 0.228. The zero-order valence-electron chi connectivity index (χ0n) is 16.2. The predicted octanol–water partition coefficient (Wildman–Crippen LogP) is 4.65. The van der Waals surface area contributed by atoms with Crippen molar-refractivity contribution in [3.05, 3.63) is 52.9 Å². The molecule has 28 heavy (non-hydrogen) atoms. The summed E-state index contributed by atoms with van der Waals surface area (Å²) in [7, 11) is 4.75. The molecule has 0 saturated carbocycles. The largest absolute Gasteiger partial charge is 0.497 e. The van der Waals surface area contributed by atoms with Crippen LogP contribution in [0.1, 0.15) is 22.8 Å². The predicted molar refractivity (Wildman–Crippen MR) is 111 cm³/mol. The van der Waals surface area contributed by atoms with E-state index in [1.807, 2.05) is 42.6 Å². The summed E-state index contributed by atoms with van der Waals surface area (Å²) >= 11 is 1.38. The molecule has 6 nitrogen and oxygen atoms in total. The molecule has 3 aromatic rings. The van der Waals surface area contributed by atoms with Crippen molar-refractivity contribution in [2.75, 3.05) is 26.6 Å². The highest BCUT2D eigenvalue weighted by Crippen LogP contribution is 2.32. The lowest BCUT2D eigenvalue weighted by Gasteiger charge is -2.13. The lowest BCUT2D eigenvalue weighted by atomic mass is 10.0. The second-order valence-electron chi connectivity index (χ2n) is 5.94. The van der Waals surface area contributed by atoms with Crippen molar-refractivity contribution in [3.8, 4) is 28.5 Å². The lowest BCUT2D eigenvalue weighted by molar-refractivity contribution is 0.102. The first-order valence-electron chi connectivity index (χ1n) is 8.75. The van der Waals surface area contributed by atoms with Crippen LogP contribution in [0.15, 0.2) is 41.8 Å². The summed E-state index contributed by atoms with van der Waals surface area (Å²) < 4.78 is 15.8. The fraction of sp³-hybridized carbons (Fsp3) is 0.238. The summed E-state index contributed by atoms with van der Waals surface area (Å²) in [6.07, 6.45) is 0.693. The number of methoxy groups -OCH3 is 3. The van der Waals surface area contributed by atoms with Crippen LogP contribution in [0.25, 0.3) is 11.3 Å². The quantitative estimate of drug-likeness (QED) is 0.627. The molecule has 0 unspecified atom stereocenters. The molecule has 1 amide bonds. The van der Waals surface area contributed by atoms with Gasteiger partial charge < -0.3 is 14.2 Å². The summed E-state index contributed by atoms with van der Waals surface area (Å²) in [5.41, 5.74) is 3.17. The van der Waals surface area contributed by atoms with Crippen LogP contribution in [0.4, 0.5) is 5.13 Å². The summed E-state index contributed by atoms with van der Waals surface area (Å²) in [5.74, 6) is 1.68. The van der Waals surface area contributed by atoms with E-state index < -0.39 is 0 Å². The maximum absolute atomic E-state index is 12.8. The molecule has 1 heterocycles. The molecule has 0 aliphatic carbocycles. The van der Waals surface area contributed by atoms with Crippen molar-refractivity contribution in [2.24, 2.45) is 0 Å². The maximum Gasteiger partial charge on any atom is 0.257 e. The number of amides is 1. The molecule has 2 aromatic carbocycles. The van der Waals surface area contributed by atoms with Crippen LogP contribution in [0.3, 0.4) is 0 Å². The Morgan fingerprint density at radius 2 is 1.71 bits per heavy atom. The van der Waals surface area contributed by atoms with E-state index in [4.69, 9.17) is 14.2 Å². The average molecular weight is 398 g/mol. The van der Waals surface area contributed by atoms with Crippen LogP contribution in [-0.4, -0.2) is 32.2 Å². The number of nitrogens with zero attached hydrogens (tertiary/aromatic N) is 1. The topological polar surface area (TPSA) is 69.7 Å². The number of aromatic nitrogens is 1. The number of rotatable bonds is 7. The summed E-state index contributed by atoms with van der Waals surface area (Å²) in [6.45, 7) is 1.99. The summed E-state index contributed by atoms with van der Waals surface area (Å²) in [6, 6.07) is 11.2. The van der Waals surface area contributed by atoms with Gasteiger partial charge in [-0.1, -0.05) is 6.92 Å². The van der Waals surface area contributed by atoms with Gasteiger partial charge in [-0.25, -0.2) is 4.98 Å². The number of benzene rings is 2. The van der Waals surface area contributed by atoms with E-state index in [1.165, 1.54) is 11.3 Å². The van der Waals surface area contributed by atoms with Crippen LogP contribution in [0.2, 0.25) is 0 Å². The monoisotopic (exact) mass is 398 g/mol. The van der Waals surface area contributed by atoms with Crippen molar-refractivity contribution < 1.29 is 19.0 Å². The van der Waals surface area contributed by atoms with Gasteiger partial charge in [0.05, 0.1) is 27.0 Å². The first-order valence-corrected chi connectivity index (χ1v) is 9.63. The average Bonchev–Trinajstić information content (AvgIpc) is 3.21. The molecule has 146 valence electrons. The SMILES string of the molecule is CCc1cc(OC)c(OC)cc1C(=O)Nc1nc(-c2ccc(OC)cc2)cs1.